The number of nitrogens with one attached hydrogen (secondary N) is 1. The monoisotopic (exact) mass is 235 g/mol. The van der Waals surface area contributed by atoms with E-state index in [0.717, 1.165) is 25.3 Å². The highest BCUT2D eigenvalue weighted by Crippen LogP contribution is 2.19. The average Bonchev–Trinajstić information content (AvgIpc) is 2.31. The number of benzene rings is 1. The van der Waals surface area contributed by atoms with E-state index in [1.165, 1.54) is 5.56 Å². The molecular formula is C15H25NO. The molecule has 17 heavy (non-hydrogen) atoms. The third kappa shape index (κ3) is 4.78. The van der Waals surface area contributed by atoms with Crippen LogP contribution in [0.3, 0.4) is 0 Å². The van der Waals surface area contributed by atoms with E-state index in [2.05, 4.69) is 43.4 Å². The molecule has 0 bridgehead atoms. The van der Waals surface area contributed by atoms with Gasteiger partial charge in [0.2, 0.25) is 0 Å². The molecule has 1 N–H and O–H groups in total. The van der Waals surface area contributed by atoms with Crippen LogP contribution < -0.4 is 10.1 Å². The molecule has 2 nitrogen and oxygen atoms in total. The lowest BCUT2D eigenvalue weighted by atomic mass is 9.89. The number of rotatable bonds is 7. The summed E-state index contributed by atoms with van der Waals surface area (Å²) in [4.78, 5) is 0. The highest BCUT2D eigenvalue weighted by Gasteiger charge is 2.13. The maximum Gasteiger partial charge on any atom is 0.119 e. The summed E-state index contributed by atoms with van der Waals surface area (Å²) in [6.45, 7) is 8.39. The maximum atomic E-state index is 5.45. The van der Waals surface area contributed by atoms with Crippen molar-refractivity contribution in [1.29, 1.82) is 0 Å². The van der Waals surface area contributed by atoms with Crippen molar-refractivity contribution in [1.82, 2.24) is 5.32 Å². The second-order valence-electron chi connectivity index (χ2n) is 4.84. The molecule has 2 heteroatoms. The van der Waals surface area contributed by atoms with Crippen LogP contribution in [0.25, 0.3) is 0 Å². The van der Waals surface area contributed by atoms with Crippen molar-refractivity contribution >= 4 is 0 Å². The first-order valence-corrected chi connectivity index (χ1v) is 6.53. The molecule has 96 valence electrons. The number of hydrogen-bond acceptors (Lipinski definition) is 2. The van der Waals surface area contributed by atoms with E-state index < -0.39 is 0 Å². The molecule has 0 amide bonds. The van der Waals surface area contributed by atoms with E-state index in [-0.39, 0.29) is 0 Å². The molecule has 0 spiro atoms. The van der Waals surface area contributed by atoms with Crippen molar-refractivity contribution in [2.45, 2.75) is 27.2 Å². The summed E-state index contributed by atoms with van der Waals surface area (Å²) < 4.78 is 5.45. The maximum absolute atomic E-state index is 5.45. The van der Waals surface area contributed by atoms with Crippen LogP contribution in [0.4, 0.5) is 0 Å². The van der Waals surface area contributed by atoms with Crippen molar-refractivity contribution in [3.8, 4) is 5.75 Å². The van der Waals surface area contributed by atoms with Gasteiger partial charge in [-0.15, -0.1) is 0 Å². The Kier molecular flexibility index (Phi) is 6.06. The lowest BCUT2D eigenvalue weighted by molar-refractivity contribution is 0.339. The van der Waals surface area contributed by atoms with E-state index in [0.29, 0.717) is 11.8 Å². The van der Waals surface area contributed by atoms with Crippen LogP contribution in [0, 0.1) is 11.8 Å². The van der Waals surface area contributed by atoms with Crippen LogP contribution in [0.1, 0.15) is 26.3 Å². The Morgan fingerprint density at radius 2 is 1.82 bits per heavy atom. The second kappa shape index (κ2) is 7.33. The van der Waals surface area contributed by atoms with E-state index in [1.807, 2.05) is 14.0 Å². The third-order valence-corrected chi connectivity index (χ3v) is 3.14. The van der Waals surface area contributed by atoms with E-state index in [9.17, 15) is 0 Å². The van der Waals surface area contributed by atoms with Gasteiger partial charge in [-0.1, -0.05) is 26.0 Å². The molecular weight excluding hydrogens is 210 g/mol. The van der Waals surface area contributed by atoms with Crippen LogP contribution in [-0.2, 0) is 6.42 Å². The van der Waals surface area contributed by atoms with Crippen LogP contribution in [0.2, 0.25) is 0 Å². The van der Waals surface area contributed by atoms with Crippen LogP contribution in [0.5, 0.6) is 5.75 Å². The lowest BCUT2D eigenvalue weighted by Crippen LogP contribution is -2.25. The number of ether oxygens (including phenoxy) is 1. The van der Waals surface area contributed by atoms with Crippen LogP contribution >= 0.6 is 0 Å². The Morgan fingerprint density at radius 3 is 2.29 bits per heavy atom. The molecule has 1 rings (SSSR count). The molecule has 0 aliphatic heterocycles. The van der Waals surface area contributed by atoms with Gasteiger partial charge in [0.25, 0.3) is 0 Å². The summed E-state index contributed by atoms with van der Waals surface area (Å²) in [5.74, 6) is 2.36. The SMILES string of the molecule is CCOc1ccc(CC(CNC)C(C)C)cc1. The zero-order valence-electron chi connectivity index (χ0n) is 11.5. The first-order valence-electron chi connectivity index (χ1n) is 6.53. The fourth-order valence-electron chi connectivity index (χ4n) is 2.00. The Bertz CT molecular complexity index is 305. The summed E-state index contributed by atoms with van der Waals surface area (Å²) in [7, 11) is 2.02. The molecule has 0 heterocycles. The van der Waals surface area contributed by atoms with Crippen LogP contribution in [-0.4, -0.2) is 20.2 Å². The van der Waals surface area contributed by atoms with Gasteiger partial charge in [-0.25, -0.2) is 0 Å². The van der Waals surface area contributed by atoms with Gasteiger partial charge in [0.05, 0.1) is 6.61 Å². The molecule has 1 atom stereocenters. The molecule has 0 radical (unpaired) electrons. The Labute approximate surface area is 105 Å². The van der Waals surface area contributed by atoms with Crippen molar-refractivity contribution < 1.29 is 4.74 Å². The molecule has 0 saturated heterocycles. The van der Waals surface area contributed by atoms with Gasteiger partial charge in [-0.05, 0) is 56.5 Å². The second-order valence-corrected chi connectivity index (χ2v) is 4.84. The molecule has 0 aliphatic rings. The molecule has 0 fully saturated rings. The third-order valence-electron chi connectivity index (χ3n) is 3.14. The van der Waals surface area contributed by atoms with E-state index in [4.69, 9.17) is 4.74 Å². The Morgan fingerprint density at radius 1 is 1.18 bits per heavy atom. The van der Waals surface area contributed by atoms with Gasteiger partial charge in [-0.3, -0.25) is 0 Å². The van der Waals surface area contributed by atoms with Crippen molar-refractivity contribution in [3.05, 3.63) is 29.8 Å². The summed E-state index contributed by atoms with van der Waals surface area (Å²) in [5.41, 5.74) is 1.39. The van der Waals surface area contributed by atoms with Gasteiger partial charge in [0.15, 0.2) is 0 Å². The highest BCUT2D eigenvalue weighted by atomic mass is 16.5. The van der Waals surface area contributed by atoms with Gasteiger partial charge in [0.1, 0.15) is 5.75 Å². The first kappa shape index (κ1) is 14.0. The molecule has 1 aromatic rings. The quantitative estimate of drug-likeness (QED) is 0.784. The van der Waals surface area contributed by atoms with Crippen molar-refractivity contribution in [3.63, 3.8) is 0 Å². The standard InChI is InChI=1S/C15H25NO/c1-5-17-15-8-6-13(7-9-15)10-14(11-16-4)12(2)3/h6-9,12,14,16H,5,10-11H2,1-4H3. The fourth-order valence-corrected chi connectivity index (χ4v) is 2.00. The smallest absolute Gasteiger partial charge is 0.119 e. The predicted octanol–water partition coefficient (Wildman–Crippen LogP) is 3.12. The minimum absolute atomic E-state index is 0.693. The fraction of sp³-hybridized carbons (Fsp3) is 0.600. The minimum Gasteiger partial charge on any atom is -0.494 e. The summed E-state index contributed by atoms with van der Waals surface area (Å²) in [6, 6.07) is 8.48. The van der Waals surface area contributed by atoms with Gasteiger partial charge >= 0.3 is 0 Å². The topological polar surface area (TPSA) is 21.3 Å². The highest BCUT2D eigenvalue weighted by molar-refractivity contribution is 5.27. The summed E-state index contributed by atoms with van der Waals surface area (Å²) >= 11 is 0. The Hall–Kier alpha value is -1.02. The lowest BCUT2D eigenvalue weighted by Gasteiger charge is -2.20. The van der Waals surface area contributed by atoms with Gasteiger partial charge in [-0.2, -0.15) is 0 Å². The summed E-state index contributed by atoms with van der Waals surface area (Å²) in [6.07, 6.45) is 1.13. The van der Waals surface area contributed by atoms with Crippen molar-refractivity contribution in [2.24, 2.45) is 11.8 Å². The zero-order chi connectivity index (χ0) is 12.7. The van der Waals surface area contributed by atoms with E-state index in [1.54, 1.807) is 0 Å². The zero-order valence-corrected chi connectivity index (χ0v) is 11.5. The normalized spacial score (nSPS) is 12.8. The number of hydrogen-bond donors (Lipinski definition) is 1. The van der Waals surface area contributed by atoms with Gasteiger partial charge in [0, 0.05) is 0 Å². The molecule has 1 unspecified atom stereocenters. The van der Waals surface area contributed by atoms with Crippen molar-refractivity contribution in [2.75, 3.05) is 20.2 Å². The predicted molar refractivity (Wildman–Crippen MR) is 73.6 cm³/mol. The first-order chi connectivity index (χ1) is 8.17. The molecule has 0 aliphatic carbocycles. The van der Waals surface area contributed by atoms with Crippen LogP contribution in [0.15, 0.2) is 24.3 Å². The Balaban J connectivity index is 2.60. The minimum atomic E-state index is 0.693. The summed E-state index contributed by atoms with van der Waals surface area (Å²) in [5, 5.41) is 3.28. The average molecular weight is 235 g/mol. The molecule has 0 aromatic heterocycles. The largest absolute Gasteiger partial charge is 0.494 e. The van der Waals surface area contributed by atoms with E-state index >= 15 is 0 Å². The molecule has 1 aromatic carbocycles. The molecule has 0 saturated carbocycles. The van der Waals surface area contributed by atoms with Gasteiger partial charge < -0.3 is 10.1 Å².